The van der Waals surface area contributed by atoms with Gasteiger partial charge in [-0.05, 0) is 37.5 Å². The Hall–Kier alpha value is -1.26. The van der Waals surface area contributed by atoms with Crippen LogP contribution in [0.25, 0.3) is 0 Å². The van der Waals surface area contributed by atoms with Gasteiger partial charge in [0, 0.05) is 6.54 Å². The van der Waals surface area contributed by atoms with Crippen LogP contribution in [0.15, 0.2) is 24.3 Å². The molecule has 3 N–H and O–H groups in total. The molecule has 4 nitrogen and oxygen atoms in total. The molecule has 1 atom stereocenters. The average molecular weight is 301 g/mol. The third-order valence-electron chi connectivity index (χ3n) is 3.15. The Morgan fingerprint density at radius 1 is 1.35 bits per heavy atom. The van der Waals surface area contributed by atoms with Crippen molar-refractivity contribution in [3.05, 3.63) is 29.8 Å². The SMILES string of the molecule is CCCC(C)(N)C(=O)NCCc1ccc(OC)cc1.Cl. The second kappa shape index (κ2) is 8.82. The number of benzene rings is 1. The summed E-state index contributed by atoms with van der Waals surface area (Å²) >= 11 is 0. The van der Waals surface area contributed by atoms with Gasteiger partial charge in [0.25, 0.3) is 0 Å². The van der Waals surface area contributed by atoms with E-state index in [2.05, 4.69) is 5.32 Å². The predicted molar refractivity (Wildman–Crippen MR) is 84.5 cm³/mol. The number of nitrogens with one attached hydrogen (secondary N) is 1. The van der Waals surface area contributed by atoms with E-state index in [0.717, 1.165) is 24.2 Å². The number of amides is 1. The number of carbonyl (C=O) groups excluding carboxylic acids is 1. The predicted octanol–water partition coefficient (Wildman–Crippen LogP) is 2.29. The number of carbonyl (C=O) groups is 1. The minimum absolute atomic E-state index is 0. The molecule has 20 heavy (non-hydrogen) atoms. The smallest absolute Gasteiger partial charge is 0.239 e. The molecule has 1 aromatic rings. The summed E-state index contributed by atoms with van der Waals surface area (Å²) in [4.78, 5) is 11.9. The molecule has 0 saturated carbocycles. The lowest BCUT2D eigenvalue weighted by atomic mass is 9.96. The molecule has 0 heterocycles. The molecule has 1 unspecified atom stereocenters. The summed E-state index contributed by atoms with van der Waals surface area (Å²) in [7, 11) is 1.64. The lowest BCUT2D eigenvalue weighted by molar-refractivity contribution is -0.126. The fourth-order valence-corrected chi connectivity index (χ4v) is 1.95. The van der Waals surface area contributed by atoms with Gasteiger partial charge in [-0.25, -0.2) is 0 Å². The van der Waals surface area contributed by atoms with Crippen LogP contribution < -0.4 is 15.8 Å². The first kappa shape index (κ1) is 18.7. The molecule has 0 fully saturated rings. The van der Waals surface area contributed by atoms with Gasteiger partial charge < -0.3 is 15.8 Å². The number of nitrogens with two attached hydrogens (primary N) is 1. The lowest BCUT2D eigenvalue weighted by Crippen LogP contribution is -2.51. The highest BCUT2D eigenvalue weighted by atomic mass is 35.5. The fourth-order valence-electron chi connectivity index (χ4n) is 1.95. The molecule has 1 rings (SSSR count). The van der Waals surface area contributed by atoms with E-state index in [1.54, 1.807) is 14.0 Å². The lowest BCUT2D eigenvalue weighted by Gasteiger charge is -2.22. The van der Waals surface area contributed by atoms with Gasteiger partial charge in [0.2, 0.25) is 5.91 Å². The average Bonchev–Trinajstić information content (AvgIpc) is 2.39. The molecule has 0 aromatic heterocycles. The van der Waals surface area contributed by atoms with Crippen LogP contribution in [0.5, 0.6) is 5.75 Å². The van der Waals surface area contributed by atoms with Gasteiger partial charge in [-0.2, -0.15) is 0 Å². The van der Waals surface area contributed by atoms with Crippen LogP contribution in [-0.2, 0) is 11.2 Å². The summed E-state index contributed by atoms with van der Waals surface area (Å²) in [6.07, 6.45) is 2.39. The van der Waals surface area contributed by atoms with Crippen LogP contribution in [0, 0.1) is 0 Å². The second-order valence-corrected chi connectivity index (χ2v) is 5.02. The molecule has 0 spiro atoms. The van der Waals surface area contributed by atoms with Crippen molar-refractivity contribution in [2.24, 2.45) is 5.73 Å². The highest BCUT2D eigenvalue weighted by Crippen LogP contribution is 2.12. The standard InChI is InChI=1S/C15H24N2O2.ClH/c1-4-10-15(2,16)14(18)17-11-9-12-5-7-13(19-3)8-6-12;/h5-8H,4,9-11,16H2,1-3H3,(H,17,18);1H. The number of halogens is 1. The van der Waals surface area contributed by atoms with Gasteiger partial charge in [0.15, 0.2) is 0 Å². The molecule has 1 aromatic carbocycles. The summed E-state index contributed by atoms with van der Waals surface area (Å²) in [6.45, 7) is 4.40. The monoisotopic (exact) mass is 300 g/mol. The first-order chi connectivity index (χ1) is 8.99. The molecular formula is C15H25ClN2O2. The third-order valence-corrected chi connectivity index (χ3v) is 3.15. The van der Waals surface area contributed by atoms with Gasteiger partial charge in [0.1, 0.15) is 5.75 Å². The largest absolute Gasteiger partial charge is 0.497 e. The summed E-state index contributed by atoms with van der Waals surface area (Å²) in [5.41, 5.74) is 6.35. The van der Waals surface area contributed by atoms with Gasteiger partial charge in [-0.1, -0.05) is 25.5 Å². The zero-order chi connectivity index (χ0) is 14.3. The fraction of sp³-hybridized carbons (Fsp3) is 0.533. The molecule has 0 radical (unpaired) electrons. The van der Waals surface area contributed by atoms with E-state index in [1.807, 2.05) is 31.2 Å². The maximum Gasteiger partial charge on any atom is 0.239 e. The highest BCUT2D eigenvalue weighted by molar-refractivity contribution is 5.85. The van der Waals surface area contributed by atoms with Crippen LogP contribution in [0.4, 0.5) is 0 Å². The topological polar surface area (TPSA) is 64.4 Å². The van der Waals surface area contributed by atoms with Gasteiger partial charge in [-0.3, -0.25) is 4.79 Å². The maximum atomic E-state index is 11.9. The van der Waals surface area contributed by atoms with Crippen molar-refractivity contribution in [3.63, 3.8) is 0 Å². The second-order valence-electron chi connectivity index (χ2n) is 5.02. The molecule has 0 aliphatic heterocycles. The Morgan fingerprint density at radius 3 is 2.45 bits per heavy atom. The zero-order valence-electron chi connectivity index (χ0n) is 12.4. The van der Waals surface area contributed by atoms with E-state index in [0.29, 0.717) is 13.0 Å². The van der Waals surface area contributed by atoms with E-state index in [-0.39, 0.29) is 18.3 Å². The molecule has 0 bridgehead atoms. The van der Waals surface area contributed by atoms with Crippen molar-refractivity contribution < 1.29 is 9.53 Å². The van der Waals surface area contributed by atoms with E-state index in [9.17, 15) is 4.79 Å². The highest BCUT2D eigenvalue weighted by Gasteiger charge is 2.26. The van der Waals surface area contributed by atoms with Crippen molar-refractivity contribution >= 4 is 18.3 Å². The molecule has 0 aliphatic rings. The van der Waals surface area contributed by atoms with E-state index >= 15 is 0 Å². The number of hydrogen-bond acceptors (Lipinski definition) is 3. The number of methoxy groups -OCH3 is 1. The number of rotatable bonds is 7. The first-order valence-electron chi connectivity index (χ1n) is 6.69. The maximum absolute atomic E-state index is 11.9. The Bertz CT molecular complexity index is 405. The Labute approximate surface area is 127 Å². The molecule has 1 amide bonds. The first-order valence-corrected chi connectivity index (χ1v) is 6.69. The molecular weight excluding hydrogens is 276 g/mol. The molecule has 5 heteroatoms. The summed E-state index contributed by atoms with van der Waals surface area (Å²) in [5.74, 6) is 0.758. The van der Waals surface area contributed by atoms with Gasteiger partial charge >= 0.3 is 0 Å². The van der Waals surface area contributed by atoms with Crippen LogP contribution >= 0.6 is 12.4 Å². The normalized spacial score (nSPS) is 13.0. The number of ether oxygens (including phenoxy) is 1. The summed E-state index contributed by atoms with van der Waals surface area (Å²) in [6, 6.07) is 7.83. The molecule has 0 aliphatic carbocycles. The molecule has 114 valence electrons. The Morgan fingerprint density at radius 2 is 1.95 bits per heavy atom. The van der Waals surface area contributed by atoms with Gasteiger partial charge in [-0.15, -0.1) is 12.4 Å². The van der Waals surface area contributed by atoms with Crippen LogP contribution in [0.1, 0.15) is 32.3 Å². The Balaban J connectivity index is 0.00000361. The van der Waals surface area contributed by atoms with Gasteiger partial charge in [0.05, 0.1) is 12.6 Å². The van der Waals surface area contributed by atoms with Crippen molar-refractivity contribution in [1.29, 1.82) is 0 Å². The summed E-state index contributed by atoms with van der Waals surface area (Å²) < 4.78 is 5.10. The van der Waals surface area contributed by atoms with E-state index < -0.39 is 5.54 Å². The Kier molecular flexibility index (Phi) is 8.26. The third kappa shape index (κ3) is 5.80. The van der Waals surface area contributed by atoms with Crippen LogP contribution in [-0.4, -0.2) is 25.1 Å². The quantitative estimate of drug-likeness (QED) is 0.812. The van der Waals surface area contributed by atoms with Crippen molar-refractivity contribution in [3.8, 4) is 5.75 Å². The van der Waals surface area contributed by atoms with E-state index in [1.165, 1.54) is 0 Å². The zero-order valence-corrected chi connectivity index (χ0v) is 13.3. The van der Waals surface area contributed by atoms with E-state index in [4.69, 9.17) is 10.5 Å². The molecule has 0 saturated heterocycles. The number of hydrogen-bond donors (Lipinski definition) is 2. The summed E-state index contributed by atoms with van der Waals surface area (Å²) in [5, 5.41) is 2.89. The van der Waals surface area contributed by atoms with Crippen molar-refractivity contribution in [2.45, 2.75) is 38.6 Å². The van der Waals surface area contributed by atoms with Crippen molar-refractivity contribution in [2.75, 3.05) is 13.7 Å². The van der Waals surface area contributed by atoms with Crippen molar-refractivity contribution in [1.82, 2.24) is 5.32 Å². The minimum atomic E-state index is -0.769. The van der Waals surface area contributed by atoms with Crippen LogP contribution in [0.3, 0.4) is 0 Å². The minimum Gasteiger partial charge on any atom is -0.497 e. The van der Waals surface area contributed by atoms with Crippen LogP contribution in [0.2, 0.25) is 0 Å².